The van der Waals surface area contributed by atoms with Crippen LogP contribution < -0.4 is 4.90 Å². The van der Waals surface area contributed by atoms with E-state index in [2.05, 4.69) is 0 Å². The predicted molar refractivity (Wildman–Crippen MR) is 89.4 cm³/mol. The number of carbonyl (C=O) groups is 1. The average Bonchev–Trinajstić information content (AvgIpc) is 2.51. The van der Waals surface area contributed by atoms with Gasteiger partial charge in [0.15, 0.2) is 0 Å². The molecular weight excluding hydrogens is 357 g/mol. The maximum absolute atomic E-state index is 13.0. The van der Waals surface area contributed by atoms with Crippen LogP contribution in [0.4, 0.5) is 18.9 Å². The molecule has 1 atom stereocenters. The molecule has 1 rings (SSSR count). The molecule has 8 heteroatoms. The molecule has 0 saturated heterocycles. The third-order valence-electron chi connectivity index (χ3n) is 3.35. The number of benzene rings is 1. The Balaban J connectivity index is 3.20. The van der Waals surface area contributed by atoms with Crippen molar-refractivity contribution in [1.82, 2.24) is 0 Å². The second-order valence-electron chi connectivity index (χ2n) is 5.97. The normalized spacial score (nSPS) is 12.6. The van der Waals surface area contributed by atoms with Crippen molar-refractivity contribution in [3.63, 3.8) is 0 Å². The molecule has 0 saturated carbocycles. The van der Waals surface area contributed by atoms with E-state index in [0.717, 1.165) is 4.90 Å². The van der Waals surface area contributed by atoms with E-state index >= 15 is 0 Å². The van der Waals surface area contributed by atoms with E-state index < -0.39 is 24.7 Å². The number of halogens is 4. The van der Waals surface area contributed by atoms with Crippen molar-refractivity contribution in [3.8, 4) is 6.07 Å². The topological polar surface area (TPSA) is 53.3 Å². The highest BCUT2D eigenvalue weighted by Gasteiger charge is 2.37. The number of alkyl halides is 3. The zero-order valence-corrected chi connectivity index (χ0v) is 15.0. The number of rotatable bonds is 7. The summed E-state index contributed by atoms with van der Waals surface area (Å²) >= 11 is 5.93. The van der Waals surface area contributed by atoms with E-state index in [0.29, 0.717) is 0 Å². The zero-order chi connectivity index (χ0) is 19.2. The fourth-order valence-electron chi connectivity index (χ4n) is 2.21. The smallest absolute Gasteiger partial charge is 0.405 e. The standard InChI is InChI=1S/C17H20ClF3N2O2/c1-4-15(16(24)25-9-11(2)3)23(10-17(19,20)21)13-6-5-12(8-22)14(18)7-13/h5-7,11,15H,4,9-10H2,1-3H3. The Hall–Kier alpha value is -1.94. The lowest BCUT2D eigenvalue weighted by Gasteiger charge is -2.32. The summed E-state index contributed by atoms with van der Waals surface area (Å²) in [6.45, 7) is 4.08. The molecule has 1 aromatic rings. The molecule has 4 nitrogen and oxygen atoms in total. The van der Waals surface area contributed by atoms with Gasteiger partial charge in [0.05, 0.1) is 17.2 Å². The van der Waals surface area contributed by atoms with Gasteiger partial charge >= 0.3 is 12.1 Å². The number of esters is 1. The first-order chi connectivity index (χ1) is 11.6. The van der Waals surface area contributed by atoms with Gasteiger partial charge in [-0.25, -0.2) is 4.79 Å². The van der Waals surface area contributed by atoms with E-state index in [1.807, 2.05) is 19.9 Å². The van der Waals surface area contributed by atoms with Crippen LogP contribution in [0.1, 0.15) is 32.8 Å². The number of anilines is 1. The van der Waals surface area contributed by atoms with Crippen molar-refractivity contribution in [1.29, 1.82) is 5.26 Å². The highest BCUT2D eigenvalue weighted by Crippen LogP contribution is 2.29. The fourth-order valence-corrected chi connectivity index (χ4v) is 2.42. The lowest BCUT2D eigenvalue weighted by atomic mass is 10.1. The molecule has 0 aromatic heterocycles. The van der Waals surface area contributed by atoms with E-state index in [-0.39, 0.29) is 35.2 Å². The predicted octanol–water partition coefficient (Wildman–Crippen LogP) is 4.56. The molecular formula is C17H20ClF3N2O2. The molecule has 0 aliphatic heterocycles. The Morgan fingerprint density at radius 2 is 2.04 bits per heavy atom. The van der Waals surface area contributed by atoms with Crippen LogP contribution in [-0.2, 0) is 9.53 Å². The second-order valence-corrected chi connectivity index (χ2v) is 6.37. The van der Waals surface area contributed by atoms with Crippen LogP contribution in [0.25, 0.3) is 0 Å². The largest absolute Gasteiger partial charge is 0.464 e. The van der Waals surface area contributed by atoms with Crippen molar-refractivity contribution < 1.29 is 22.7 Å². The van der Waals surface area contributed by atoms with Crippen LogP contribution in [0.5, 0.6) is 0 Å². The molecule has 1 aromatic carbocycles. The molecule has 0 radical (unpaired) electrons. The van der Waals surface area contributed by atoms with E-state index in [4.69, 9.17) is 21.6 Å². The number of nitriles is 1. The first kappa shape index (κ1) is 21.1. The Morgan fingerprint density at radius 3 is 2.48 bits per heavy atom. The monoisotopic (exact) mass is 376 g/mol. The van der Waals surface area contributed by atoms with Gasteiger partial charge in [0, 0.05) is 5.69 Å². The molecule has 1 unspecified atom stereocenters. The Labute approximate surface area is 150 Å². The molecule has 138 valence electrons. The van der Waals surface area contributed by atoms with Gasteiger partial charge in [-0.3, -0.25) is 0 Å². The van der Waals surface area contributed by atoms with Crippen molar-refractivity contribution >= 4 is 23.3 Å². The van der Waals surface area contributed by atoms with Gasteiger partial charge in [-0.15, -0.1) is 0 Å². The Bertz CT molecular complexity index is 642. The van der Waals surface area contributed by atoms with Gasteiger partial charge in [0.2, 0.25) is 0 Å². The maximum Gasteiger partial charge on any atom is 0.405 e. The quantitative estimate of drug-likeness (QED) is 0.655. The summed E-state index contributed by atoms with van der Waals surface area (Å²) in [5.41, 5.74) is 0.252. The first-order valence-electron chi connectivity index (χ1n) is 7.78. The van der Waals surface area contributed by atoms with Crippen LogP contribution in [-0.4, -0.2) is 31.3 Å². The minimum atomic E-state index is -4.52. The van der Waals surface area contributed by atoms with Gasteiger partial charge in [-0.2, -0.15) is 18.4 Å². The van der Waals surface area contributed by atoms with Crippen LogP contribution in [0.2, 0.25) is 5.02 Å². The zero-order valence-electron chi connectivity index (χ0n) is 14.2. The number of hydrogen-bond acceptors (Lipinski definition) is 4. The van der Waals surface area contributed by atoms with Gasteiger partial charge in [0.25, 0.3) is 0 Å². The molecule has 0 N–H and O–H groups in total. The number of ether oxygens (including phenoxy) is 1. The molecule has 0 aliphatic rings. The molecule has 0 spiro atoms. The number of nitrogens with zero attached hydrogens (tertiary/aromatic N) is 2. The summed E-state index contributed by atoms with van der Waals surface area (Å²) in [5, 5.41) is 8.92. The van der Waals surface area contributed by atoms with Crippen LogP contribution in [0.3, 0.4) is 0 Å². The Kier molecular flexibility index (Phi) is 7.56. The van der Waals surface area contributed by atoms with Gasteiger partial charge in [-0.1, -0.05) is 32.4 Å². The average molecular weight is 377 g/mol. The molecule has 0 heterocycles. The van der Waals surface area contributed by atoms with E-state index in [9.17, 15) is 18.0 Å². The van der Waals surface area contributed by atoms with Gasteiger partial charge < -0.3 is 9.64 Å². The van der Waals surface area contributed by atoms with Crippen molar-refractivity contribution in [2.75, 3.05) is 18.1 Å². The highest BCUT2D eigenvalue weighted by molar-refractivity contribution is 6.32. The van der Waals surface area contributed by atoms with Crippen LogP contribution >= 0.6 is 11.6 Å². The molecule has 25 heavy (non-hydrogen) atoms. The third kappa shape index (κ3) is 6.46. The fraction of sp³-hybridized carbons (Fsp3) is 0.529. The summed E-state index contributed by atoms with van der Waals surface area (Å²) in [5.74, 6) is -0.650. The van der Waals surface area contributed by atoms with E-state index in [1.165, 1.54) is 18.2 Å². The maximum atomic E-state index is 13.0. The van der Waals surface area contributed by atoms with Crippen LogP contribution in [0, 0.1) is 17.2 Å². The lowest BCUT2D eigenvalue weighted by Crippen LogP contribution is -2.47. The minimum Gasteiger partial charge on any atom is -0.464 e. The Morgan fingerprint density at radius 1 is 1.40 bits per heavy atom. The summed E-state index contributed by atoms with van der Waals surface area (Å²) in [6, 6.07) is 4.66. The summed E-state index contributed by atoms with van der Waals surface area (Å²) in [7, 11) is 0. The second kappa shape index (κ2) is 8.95. The van der Waals surface area contributed by atoms with Crippen molar-refractivity contribution in [2.24, 2.45) is 5.92 Å². The number of carbonyl (C=O) groups excluding carboxylic acids is 1. The first-order valence-corrected chi connectivity index (χ1v) is 8.16. The third-order valence-corrected chi connectivity index (χ3v) is 3.66. The minimum absolute atomic E-state index is 0.0255. The number of hydrogen-bond donors (Lipinski definition) is 0. The SMILES string of the molecule is CCC(C(=O)OCC(C)C)N(CC(F)(F)F)c1ccc(C#N)c(Cl)c1. The summed E-state index contributed by atoms with van der Waals surface area (Å²) < 4.78 is 44.2. The van der Waals surface area contributed by atoms with Gasteiger partial charge in [-0.05, 0) is 30.5 Å². The van der Waals surface area contributed by atoms with Crippen LogP contribution in [0.15, 0.2) is 18.2 Å². The summed E-state index contributed by atoms with van der Waals surface area (Å²) in [6.07, 6.45) is -4.39. The van der Waals surface area contributed by atoms with Gasteiger partial charge in [0.1, 0.15) is 18.7 Å². The summed E-state index contributed by atoms with van der Waals surface area (Å²) in [4.78, 5) is 13.2. The molecule has 0 fully saturated rings. The molecule has 0 bridgehead atoms. The van der Waals surface area contributed by atoms with Crippen molar-refractivity contribution in [2.45, 2.75) is 39.4 Å². The molecule has 0 aliphatic carbocycles. The highest BCUT2D eigenvalue weighted by atomic mass is 35.5. The van der Waals surface area contributed by atoms with Crippen molar-refractivity contribution in [3.05, 3.63) is 28.8 Å². The molecule has 0 amide bonds. The lowest BCUT2D eigenvalue weighted by molar-refractivity contribution is -0.148. The van der Waals surface area contributed by atoms with E-state index in [1.54, 1.807) is 6.92 Å².